The quantitative estimate of drug-likeness (QED) is 0.647. The van der Waals surface area contributed by atoms with Gasteiger partial charge >= 0.3 is 0 Å². The van der Waals surface area contributed by atoms with Crippen molar-refractivity contribution >= 4 is 5.91 Å². The van der Waals surface area contributed by atoms with E-state index in [2.05, 4.69) is 10.3 Å². The first-order chi connectivity index (χ1) is 6.24. The summed E-state index contributed by atoms with van der Waals surface area (Å²) in [6, 6.07) is 2.43. The van der Waals surface area contributed by atoms with Gasteiger partial charge in [0, 0.05) is 24.4 Å². The number of aliphatic hydroxyl groups excluding tert-OH is 1. The second-order valence-corrected chi connectivity index (χ2v) is 2.35. The number of hydrogen-bond donors (Lipinski definition) is 2. The van der Waals surface area contributed by atoms with Gasteiger partial charge in [0.1, 0.15) is 0 Å². The van der Waals surface area contributed by atoms with Crippen LogP contribution in [0.1, 0.15) is 10.4 Å². The van der Waals surface area contributed by atoms with Gasteiger partial charge in [0.05, 0.1) is 6.61 Å². The van der Waals surface area contributed by atoms with E-state index in [-0.39, 0.29) is 18.7 Å². The summed E-state index contributed by atoms with van der Waals surface area (Å²) >= 11 is 0. The summed E-state index contributed by atoms with van der Waals surface area (Å²) in [6.07, 6.45) is 1.21. The molecule has 4 nitrogen and oxygen atoms in total. The predicted molar refractivity (Wildman–Crippen MR) is 43.6 cm³/mol. The van der Waals surface area contributed by atoms with E-state index in [1.165, 1.54) is 12.3 Å². The minimum Gasteiger partial charge on any atom is -0.395 e. The van der Waals surface area contributed by atoms with Crippen LogP contribution in [-0.2, 0) is 0 Å². The number of carbonyl (C=O) groups is 1. The number of hydrogen-bond acceptors (Lipinski definition) is 3. The number of halogens is 1. The average molecular weight is 184 g/mol. The van der Waals surface area contributed by atoms with E-state index in [0.29, 0.717) is 0 Å². The molecule has 0 aliphatic rings. The largest absolute Gasteiger partial charge is 0.395 e. The Balaban J connectivity index is 2.66. The van der Waals surface area contributed by atoms with Crippen LogP contribution in [0.3, 0.4) is 0 Å². The van der Waals surface area contributed by atoms with Gasteiger partial charge in [-0.1, -0.05) is 0 Å². The third-order valence-corrected chi connectivity index (χ3v) is 1.39. The summed E-state index contributed by atoms with van der Waals surface area (Å²) in [6.45, 7) is 0.0160. The van der Waals surface area contributed by atoms with Gasteiger partial charge < -0.3 is 10.4 Å². The molecule has 1 amide bonds. The molecule has 0 aromatic carbocycles. The SMILES string of the molecule is O=C(NCCO)c1ccnc(F)c1. The van der Waals surface area contributed by atoms with Crippen molar-refractivity contribution in [2.24, 2.45) is 0 Å². The minimum atomic E-state index is -0.698. The van der Waals surface area contributed by atoms with Crippen molar-refractivity contribution in [3.63, 3.8) is 0 Å². The highest BCUT2D eigenvalue weighted by Crippen LogP contribution is 1.99. The molecule has 0 unspecified atom stereocenters. The molecule has 0 bridgehead atoms. The fraction of sp³-hybridized carbons (Fsp3) is 0.250. The van der Waals surface area contributed by atoms with Crippen LogP contribution < -0.4 is 5.32 Å². The maximum Gasteiger partial charge on any atom is 0.251 e. The van der Waals surface area contributed by atoms with Gasteiger partial charge in [0.2, 0.25) is 5.95 Å². The third kappa shape index (κ3) is 2.79. The molecule has 0 saturated heterocycles. The molecule has 1 aromatic heterocycles. The standard InChI is InChI=1S/C8H9FN2O2/c9-7-5-6(1-2-10-7)8(13)11-3-4-12/h1-2,5,12H,3-4H2,(H,11,13). The van der Waals surface area contributed by atoms with Crippen LogP contribution in [0.15, 0.2) is 18.3 Å². The summed E-state index contributed by atoms with van der Waals surface area (Å²) in [4.78, 5) is 14.4. The predicted octanol–water partition coefficient (Wildman–Crippen LogP) is -0.0572. The van der Waals surface area contributed by atoms with Crippen LogP contribution in [0.5, 0.6) is 0 Å². The second kappa shape index (κ2) is 4.51. The summed E-state index contributed by atoms with van der Waals surface area (Å²) in [5.41, 5.74) is 0.195. The number of nitrogens with zero attached hydrogens (tertiary/aromatic N) is 1. The maximum atomic E-state index is 12.5. The van der Waals surface area contributed by atoms with Crippen LogP contribution >= 0.6 is 0 Å². The first kappa shape index (κ1) is 9.60. The van der Waals surface area contributed by atoms with Gasteiger partial charge in [0.15, 0.2) is 0 Å². The summed E-state index contributed by atoms with van der Waals surface area (Å²) in [5, 5.41) is 10.8. The van der Waals surface area contributed by atoms with E-state index in [1.807, 2.05) is 0 Å². The van der Waals surface area contributed by atoms with Crippen molar-refractivity contribution in [2.45, 2.75) is 0 Å². The van der Waals surface area contributed by atoms with Crippen molar-refractivity contribution in [3.05, 3.63) is 29.8 Å². The highest BCUT2D eigenvalue weighted by Gasteiger charge is 2.04. The number of pyridine rings is 1. The molecule has 0 atom stereocenters. The normalized spacial score (nSPS) is 9.69. The number of carbonyl (C=O) groups excluding carboxylic acids is 1. The molecule has 5 heteroatoms. The van der Waals surface area contributed by atoms with E-state index in [9.17, 15) is 9.18 Å². The molecule has 70 valence electrons. The Labute approximate surface area is 74.4 Å². The first-order valence-electron chi connectivity index (χ1n) is 3.74. The average Bonchev–Trinajstić information content (AvgIpc) is 2.14. The number of rotatable bonds is 3. The Morgan fingerprint density at radius 2 is 2.46 bits per heavy atom. The van der Waals surface area contributed by atoms with Crippen LogP contribution in [0.2, 0.25) is 0 Å². The van der Waals surface area contributed by atoms with E-state index in [0.717, 1.165) is 6.07 Å². The Hall–Kier alpha value is -1.49. The molecule has 0 aliphatic heterocycles. The monoisotopic (exact) mass is 184 g/mol. The van der Waals surface area contributed by atoms with Crippen molar-refractivity contribution < 1.29 is 14.3 Å². The molecule has 0 spiro atoms. The molecule has 13 heavy (non-hydrogen) atoms. The summed E-state index contributed by atoms with van der Waals surface area (Å²) in [7, 11) is 0. The lowest BCUT2D eigenvalue weighted by molar-refractivity contribution is 0.0944. The molecule has 1 rings (SSSR count). The lowest BCUT2D eigenvalue weighted by atomic mass is 10.2. The van der Waals surface area contributed by atoms with Crippen molar-refractivity contribution in [1.82, 2.24) is 10.3 Å². The van der Waals surface area contributed by atoms with Crippen molar-refractivity contribution in [3.8, 4) is 0 Å². The van der Waals surface area contributed by atoms with Gasteiger partial charge in [-0.25, -0.2) is 4.98 Å². The Bertz CT molecular complexity index is 304. The first-order valence-corrected chi connectivity index (χ1v) is 3.74. The fourth-order valence-electron chi connectivity index (χ4n) is 0.815. The van der Waals surface area contributed by atoms with Gasteiger partial charge in [-0.15, -0.1) is 0 Å². The zero-order chi connectivity index (χ0) is 9.68. The highest BCUT2D eigenvalue weighted by molar-refractivity contribution is 5.93. The fourth-order valence-corrected chi connectivity index (χ4v) is 0.815. The Morgan fingerprint density at radius 3 is 3.08 bits per heavy atom. The third-order valence-electron chi connectivity index (χ3n) is 1.39. The minimum absolute atomic E-state index is 0.140. The molecule has 0 fully saturated rings. The molecule has 0 radical (unpaired) electrons. The smallest absolute Gasteiger partial charge is 0.251 e. The molecule has 0 aliphatic carbocycles. The van der Waals surface area contributed by atoms with Crippen LogP contribution in [-0.4, -0.2) is 29.1 Å². The highest BCUT2D eigenvalue weighted by atomic mass is 19.1. The molecule has 1 aromatic rings. The lowest BCUT2D eigenvalue weighted by Crippen LogP contribution is -2.26. The van der Waals surface area contributed by atoms with Crippen LogP contribution in [0, 0.1) is 5.95 Å². The number of aliphatic hydroxyl groups is 1. The topological polar surface area (TPSA) is 62.2 Å². The maximum absolute atomic E-state index is 12.5. The van der Waals surface area contributed by atoms with E-state index in [4.69, 9.17) is 5.11 Å². The summed E-state index contributed by atoms with van der Waals surface area (Å²) < 4.78 is 12.5. The van der Waals surface area contributed by atoms with Gasteiger partial charge in [-0.3, -0.25) is 4.79 Å². The molecular weight excluding hydrogens is 175 g/mol. The van der Waals surface area contributed by atoms with E-state index in [1.54, 1.807) is 0 Å². The van der Waals surface area contributed by atoms with Gasteiger partial charge in [-0.2, -0.15) is 4.39 Å². The molecule has 2 N–H and O–H groups in total. The zero-order valence-electron chi connectivity index (χ0n) is 6.83. The van der Waals surface area contributed by atoms with E-state index >= 15 is 0 Å². The van der Waals surface area contributed by atoms with Crippen LogP contribution in [0.25, 0.3) is 0 Å². The number of aromatic nitrogens is 1. The second-order valence-electron chi connectivity index (χ2n) is 2.35. The van der Waals surface area contributed by atoms with Gasteiger partial charge in [-0.05, 0) is 6.07 Å². The number of amides is 1. The van der Waals surface area contributed by atoms with Crippen LogP contribution in [0.4, 0.5) is 4.39 Å². The Morgan fingerprint density at radius 1 is 1.69 bits per heavy atom. The zero-order valence-corrected chi connectivity index (χ0v) is 6.83. The lowest BCUT2D eigenvalue weighted by Gasteiger charge is -2.01. The van der Waals surface area contributed by atoms with Crippen molar-refractivity contribution in [2.75, 3.05) is 13.2 Å². The van der Waals surface area contributed by atoms with E-state index < -0.39 is 11.9 Å². The molecule has 1 heterocycles. The molecular formula is C8H9FN2O2. The Kier molecular flexibility index (Phi) is 3.33. The number of nitrogens with one attached hydrogen (secondary N) is 1. The molecule has 0 saturated carbocycles. The summed E-state index contributed by atoms with van der Waals surface area (Å²) in [5.74, 6) is -1.12. The van der Waals surface area contributed by atoms with Gasteiger partial charge in [0.25, 0.3) is 5.91 Å². The van der Waals surface area contributed by atoms with Crippen molar-refractivity contribution in [1.29, 1.82) is 0 Å².